The lowest BCUT2D eigenvalue weighted by atomic mass is 10.1. The monoisotopic (exact) mass is 314 g/mol. The first-order chi connectivity index (χ1) is 11.1. The Balaban J connectivity index is 1.69. The first kappa shape index (κ1) is 15.4. The molecule has 1 fully saturated rings. The Bertz CT molecular complexity index is 702. The van der Waals surface area contributed by atoms with E-state index in [1.807, 2.05) is 36.9 Å². The molecule has 6 heteroatoms. The van der Waals surface area contributed by atoms with Gasteiger partial charge in [0.25, 0.3) is 5.91 Å². The van der Waals surface area contributed by atoms with Crippen LogP contribution in [0.2, 0.25) is 0 Å². The van der Waals surface area contributed by atoms with Crippen LogP contribution in [0.4, 0.5) is 5.69 Å². The number of aryl methyl sites for hydroxylation is 1. The second kappa shape index (κ2) is 6.32. The van der Waals surface area contributed by atoms with E-state index in [9.17, 15) is 4.79 Å². The summed E-state index contributed by atoms with van der Waals surface area (Å²) in [6.45, 7) is 6.80. The molecule has 2 aromatic rings. The zero-order valence-electron chi connectivity index (χ0n) is 13.8. The molecule has 0 unspecified atom stereocenters. The number of hydrogen-bond acceptors (Lipinski definition) is 4. The molecule has 122 valence electrons. The normalized spacial score (nSPS) is 14.9. The van der Waals surface area contributed by atoms with Gasteiger partial charge in [-0.05, 0) is 26.0 Å². The summed E-state index contributed by atoms with van der Waals surface area (Å²) in [5.74, 6) is 0.873. The number of anilines is 1. The van der Waals surface area contributed by atoms with E-state index in [0.717, 1.165) is 35.8 Å². The van der Waals surface area contributed by atoms with Crippen molar-refractivity contribution in [1.29, 1.82) is 0 Å². The van der Waals surface area contributed by atoms with Gasteiger partial charge in [-0.15, -0.1) is 0 Å². The maximum atomic E-state index is 12.6. The van der Waals surface area contributed by atoms with Gasteiger partial charge in [-0.2, -0.15) is 5.10 Å². The predicted octanol–water partition coefficient (Wildman–Crippen LogP) is 2.00. The summed E-state index contributed by atoms with van der Waals surface area (Å²) in [4.78, 5) is 16.7. The number of methoxy groups -OCH3 is 1. The van der Waals surface area contributed by atoms with Gasteiger partial charge in [0.2, 0.25) is 0 Å². The Kier molecular flexibility index (Phi) is 4.23. The molecule has 1 amide bonds. The van der Waals surface area contributed by atoms with E-state index in [0.29, 0.717) is 18.8 Å². The van der Waals surface area contributed by atoms with Gasteiger partial charge >= 0.3 is 0 Å². The molecule has 0 bridgehead atoms. The van der Waals surface area contributed by atoms with Crippen molar-refractivity contribution in [3.63, 3.8) is 0 Å². The van der Waals surface area contributed by atoms with Crippen LogP contribution < -0.4 is 9.64 Å². The van der Waals surface area contributed by atoms with Gasteiger partial charge in [0.15, 0.2) is 5.69 Å². The number of para-hydroxylation sites is 2. The maximum absolute atomic E-state index is 12.6. The lowest BCUT2D eigenvalue weighted by Gasteiger charge is -2.36. The quantitative estimate of drug-likeness (QED) is 0.941. The Labute approximate surface area is 136 Å². The Morgan fingerprint density at radius 3 is 2.48 bits per heavy atom. The molecule has 1 aromatic heterocycles. The summed E-state index contributed by atoms with van der Waals surface area (Å²) in [6, 6.07) is 7.98. The zero-order chi connectivity index (χ0) is 16.4. The maximum Gasteiger partial charge on any atom is 0.274 e. The molecule has 3 rings (SSSR count). The third-order valence-electron chi connectivity index (χ3n) is 4.45. The number of carbonyl (C=O) groups excluding carboxylic acids is 1. The molecule has 1 aliphatic rings. The smallest absolute Gasteiger partial charge is 0.274 e. The highest BCUT2D eigenvalue weighted by molar-refractivity contribution is 5.94. The number of nitrogens with one attached hydrogen (secondary N) is 1. The number of benzene rings is 1. The number of nitrogens with zero attached hydrogens (tertiary/aromatic N) is 3. The van der Waals surface area contributed by atoms with Crippen molar-refractivity contribution in [2.75, 3.05) is 38.2 Å². The fourth-order valence-corrected chi connectivity index (χ4v) is 2.88. The van der Waals surface area contributed by atoms with Crippen molar-refractivity contribution in [2.45, 2.75) is 13.8 Å². The summed E-state index contributed by atoms with van der Waals surface area (Å²) in [7, 11) is 1.68. The SMILES string of the molecule is COc1ccccc1N1CCN(C(=O)c2n[nH]c(C)c2C)CC1. The topological polar surface area (TPSA) is 61.5 Å². The average molecular weight is 314 g/mol. The molecule has 23 heavy (non-hydrogen) atoms. The van der Waals surface area contributed by atoms with Crippen LogP contribution in [0.25, 0.3) is 0 Å². The van der Waals surface area contributed by atoms with E-state index >= 15 is 0 Å². The third-order valence-corrected chi connectivity index (χ3v) is 4.45. The molecule has 0 aliphatic carbocycles. The zero-order valence-corrected chi connectivity index (χ0v) is 13.8. The standard InChI is InChI=1S/C17H22N4O2/c1-12-13(2)18-19-16(12)17(22)21-10-8-20(9-11-21)14-6-4-5-7-15(14)23-3/h4-7H,8-11H2,1-3H3,(H,18,19). The summed E-state index contributed by atoms with van der Waals surface area (Å²) in [5.41, 5.74) is 3.49. The van der Waals surface area contributed by atoms with Crippen LogP contribution in [0.5, 0.6) is 5.75 Å². The van der Waals surface area contributed by atoms with Gasteiger partial charge < -0.3 is 14.5 Å². The van der Waals surface area contributed by atoms with Crippen LogP contribution in [0.3, 0.4) is 0 Å². The molecule has 1 aromatic carbocycles. The highest BCUT2D eigenvalue weighted by atomic mass is 16.5. The minimum absolute atomic E-state index is 0.00604. The number of rotatable bonds is 3. The van der Waals surface area contributed by atoms with Crippen LogP contribution in [-0.4, -0.2) is 54.3 Å². The van der Waals surface area contributed by atoms with Gasteiger partial charge in [-0.1, -0.05) is 12.1 Å². The summed E-state index contributed by atoms with van der Waals surface area (Å²) in [6.07, 6.45) is 0. The molecule has 0 spiro atoms. The number of carbonyl (C=O) groups is 1. The highest BCUT2D eigenvalue weighted by Crippen LogP contribution is 2.28. The van der Waals surface area contributed by atoms with Gasteiger partial charge in [0.1, 0.15) is 5.75 Å². The van der Waals surface area contributed by atoms with Crippen LogP contribution >= 0.6 is 0 Å². The lowest BCUT2D eigenvalue weighted by Crippen LogP contribution is -2.49. The van der Waals surface area contributed by atoms with Crippen molar-refractivity contribution < 1.29 is 9.53 Å². The first-order valence-corrected chi connectivity index (χ1v) is 7.80. The Morgan fingerprint density at radius 2 is 1.87 bits per heavy atom. The third kappa shape index (κ3) is 2.88. The molecule has 0 atom stereocenters. The van der Waals surface area contributed by atoms with E-state index in [4.69, 9.17) is 4.74 Å². The van der Waals surface area contributed by atoms with E-state index in [2.05, 4.69) is 21.2 Å². The van der Waals surface area contributed by atoms with Crippen LogP contribution in [0.1, 0.15) is 21.7 Å². The van der Waals surface area contributed by atoms with E-state index in [1.54, 1.807) is 7.11 Å². The van der Waals surface area contributed by atoms with Crippen molar-refractivity contribution >= 4 is 11.6 Å². The van der Waals surface area contributed by atoms with Crippen molar-refractivity contribution in [2.24, 2.45) is 0 Å². The fourth-order valence-electron chi connectivity index (χ4n) is 2.88. The van der Waals surface area contributed by atoms with E-state index in [-0.39, 0.29) is 5.91 Å². The van der Waals surface area contributed by atoms with Gasteiger partial charge in [0, 0.05) is 37.4 Å². The highest BCUT2D eigenvalue weighted by Gasteiger charge is 2.26. The average Bonchev–Trinajstić information content (AvgIpc) is 2.93. The molecule has 1 N–H and O–H groups in total. The second-order valence-electron chi connectivity index (χ2n) is 5.77. The lowest BCUT2D eigenvalue weighted by molar-refractivity contribution is 0.0740. The van der Waals surface area contributed by atoms with Gasteiger partial charge in [-0.25, -0.2) is 0 Å². The summed E-state index contributed by atoms with van der Waals surface area (Å²) < 4.78 is 5.42. The molecular formula is C17H22N4O2. The number of amides is 1. The largest absolute Gasteiger partial charge is 0.495 e. The summed E-state index contributed by atoms with van der Waals surface area (Å²) in [5, 5.41) is 7.03. The number of piperazine rings is 1. The minimum Gasteiger partial charge on any atom is -0.495 e. The van der Waals surface area contributed by atoms with Gasteiger partial charge in [0.05, 0.1) is 12.8 Å². The molecule has 0 saturated carbocycles. The van der Waals surface area contributed by atoms with Gasteiger partial charge in [-0.3, -0.25) is 9.89 Å². The minimum atomic E-state index is 0.00604. The Morgan fingerprint density at radius 1 is 1.17 bits per heavy atom. The number of aromatic amines is 1. The van der Waals surface area contributed by atoms with Crippen LogP contribution in [-0.2, 0) is 0 Å². The van der Waals surface area contributed by atoms with Crippen LogP contribution in [0, 0.1) is 13.8 Å². The predicted molar refractivity (Wildman–Crippen MR) is 89.2 cm³/mol. The van der Waals surface area contributed by atoms with Crippen molar-refractivity contribution in [1.82, 2.24) is 15.1 Å². The number of hydrogen-bond donors (Lipinski definition) is 1. The van der Waals surface area contributed by atoms with Crippen LogP contribution in [0.15, 0.2) is 24.3 Å². The second-order valence-corrected chi connectivity index (χ2v) is 5.77. The number of ether oxygens (including phenoxy) is 1. The van der Waals surface area contributed by atoms with Crippen molar-refractivity contribution in [3.05, 3.63) is 41.2 Å². The molecular weight excluding hydrogens is 292 g/mol. The van der Waals surface area contributed by atoms with E-state index < -0.39 is 0 Å². The molecule has 6 nitrogen and oxygen atoms in total. The Hall–Kier alpha value is -2.50. The molecule has 1 aliphatic heterocycles. The van der Waals surface area contributed by atoms with E-state index in [1.165, 1.54) is 0 Å². The van der Waals surface area contributed by atoms with Crippen molar-refractivity contribution in [3.8, 4) is 5.75 Å². The summed E-state index contributed by atoms with van der Waals surface area (Å²) >= 11 is 0. The fraction of sp³-hybridized carbons (Fsp3) is 0.412. The first-order valence-electron chi connectivity index (χ1n) is 7.80. The number of H-pyrrole nitrogens is 1. The molecule has 1 saturated heterocycles. The number of aromatic nitrogens is 2. The molecule has 2 heterocycles. The molecule has 0 radical (unpaired) electrons.